The van der Waals surface area contributed by atoms with Gasteiger partial charge in [-0.05, 0) is 12.8 Å². The van der Waals surface area contributed by atoms with Gasteiger partial charge in [0.2, 0.25) is 0 Å². The summed E-state index contributed by atoms with van der Waals surface area (Å²) in [5.41, 5.74) is 0. The van der Waals surface area contributed by atoms with Crippen LogP contribution in [0.1, 0.15) is 19.3 Å². The molecular weight excluding hydrogens is 155 g/mol. The number of hydrogen-bond donors (Lipinski definition) is 1. The maximum Gasteiger partial charge on any atom is 0.315 e. The predicted octanol–water partition coefficient (Wildman–Crippen LogP) is 1.41. The van der Waals surface area contributed by atoms with Crippen LogP contribution in [0.4, 0.5) is 0 Å². The number of hydrogen-bond acceptors (Lipinski definition) is 3. The number of carboxylic acids is 1. The molecule has 0 rings (SSSR count). The lowest BCUT2D eigenvalue weighted by Crippen LogP contribution is -1.93. The third-order valence-corrected chi connectivity index (χ3v) is 1.66. The van der Waals surface area contributed by atoms with E-state index in [0.717, 1.165) is 0 Å². The molecular formula is C5H9O4P. The van der Waals surface area contributed by atoms with E-state index >= 15 is 0 Å². The Labute approximate surface area is 59.1 Å². The van der Waals surface area contributed by atoms with Crippen molar-refractivity contribution >= 4 is 13.6 Å². The maximum atomic E-state index is 9.93. The molecule has 10 heavy (non-hydrogen) atoms. The van der Waals surface area contributed by atoms with Gasteiger partial charge in [0.25, 0.3) is 0 Å². The highest BCUT2D eigenvalue weighted by atomic mass is 31.1. The molecule has 58 valence electrons. The highest BCUT2D eigenvalue weighted by Gasteiger charge is 1.97. The molecule has 0 radical (unpaired) electrons. The maximum absolute atomic E-state index is 9.93. The lowest BCUT2D eigenvalue weighted by Gasteiger charge is -1.89. The van der Waals surface area contributed by atoms with Crippen molar-refractivity contribution in [1.29, 1.82) is 0 Å². The summed E-state index contributed by atoms with van der Waals surface area (Å²) in [5, 5.41) is 8.13. The fourth-order valence-corrected chi connectivity index (χ4v) is 0.999. The molecule has 0 aromatic heterocycles. The van der Waals surface area contributed by atoms with Crippen LogP contribution >= 0.6 is 7.68 Å². The molecule has 0 aromatic rings. The number of rotatable bonds is 5. The minimum absolute atomic E-state index is 0.0587. The Balaban J connectivity index is 3.13. The first kappa shape index (κ1) is 9.37. The quantitative estimate of drug-likeness (QED) is 0.492. The molecule has 5 heteroatoms. The van der Waals surface area contributed by atoms with Crippen molar-refractivity contribution in [2.45, 2.75) is 19.3 Å². The summed E-state index contributed by atoms with van der Waals surface area (Å²) in [6.45, 7) is 0. The Hall–Kier alpha value is -0.630. The molecule has 0 aliphatic rings. The van der Waals surface area contributed by atoms with E-state index in [0.29, 0.717) is 12.8 Å². The summed E-state index contributed by atoms with van der Waals surface area (Å²) >= 11 is 0. The van der Waals surface area contributed by atoms with E-state index in [4.69, 9.17) is 5.11 Å². The molecule has 4 nitrogen and oxygen atoms in total. The number of carboxylic acid groups (broad SMARTS) is 1. The second kappa shape index (κ2) is 5.18. The van der Waals surface area contributed by atoms with Crippen LogP contribution in [0.3, 0.4) is 0 Å². The minimum Gasteiger partial charge on any atom is -0.481 e. The molecule has 0 spiro atoms. The average Bonchev–Trinajstić information content (AvgIpc) is 1.79. The van der Waals surface area contributed by atoms with E-state index in [1.165, 1.54) is 0 Å². The third-order valence-electron chi connectivity index (χ3n) is 0.981. The van der Waals surface area contributed by atoms with Crippen LogP contribution in [0.2, 0.25) is 0 Å². The number of carbonyl (C=O) groups is 1. The Morgan fingerprint density at radius 3 is 2.30 bits per heavy atom. The lowest BCUT2D eigenvalue weighted by molar-refractivity contribution is -0.137. The van der Waals surface area contributed by atoms with E-state index < -0.39 is 13.6 Å². The smallest absolute Gasteiger partial charge is 0.315 e. The molecule has 0 saturated heterocycles. The summed E-state index contributed by atoms with van der Waals surface area (Å²) < 4.78 is 19.9. The highest BCUT2D eigenvalue weighted by Crippen LogP contribution is 2.07. The fraction of sp³-hybridized carbons (Fsp3) is 0.800. The molecule has 0 unspecified atom stereocenters. The average molecular weight is 164 g/mol. The van der Waals surface area contributed by atoms with Gasteiger partial charge in [0.1, 0.15) is 0 Å². The first-order chi connectivity index (χ1) is 4.63. The van der Waals surface area contributed by atoms with Gasteiger partial charge in [0.15, 0.2) is 0 Å². The number of unbranched alkanes of at least 4 members (excludes halogenated alkanes) is 1. The SMILES string of the molecule is O=C(O)CCCCP(=O)=O. The van der Waals surface area contributed by atoms with Crippen LogP contribution in [0.25, 0.3) is 0 Å². The zero-order chi connectivity index (χ0) is 7.98. The van der Waals surface area contributed by atoms with Gasteiger partial charge in [0.05, 0.1) is 6.16 Å². The molecule has 0 heterocycles. The Morgan fingerprint density at radius 1 is 1.30 bits per heavy atom. The summed E-state index contributed by atoms with van der Waals surface area (Å²) in [6.07, 6.45) is 1.05. The Morgan fingerprint density at radius 2 is 1.90 bits per heavy atom. The van der Waals surface area contributed by atoms with Gasteiger partial charge in [-0.1, -0.05) is 0 Å². The van der Waals surface area contributed by atoms with Gasteiger partial charge in [-0.3, -0.25) is 4.79 Å². The molecule has 0 saturated carbocycles. The zero-order valence-electron chi connectivity index (χ0n) is 5.45. The van der Waals surface area contributed by atoms with Crippen molar-refractivity contribution in [3.05, 3.63) is 0 Å². The van der Waals surface area contributed by atoms with Crippen molar-refractivity contribution < 1.29 is 19.0 Å². The third kappa shape index (κ3) is 7.37. The molecule has 0 aromatic carbocycles. The van der Waals surface area contributed by atoms with Crippen molar-refractivity contribution in [2.75, 3.05) is 6.16 Å². The van der Waals surface area contributed by atoms with Crippen LogP contribution in [0.15, 0.2) is 0 Å². The van der Waals surface area contributed by atoms with Crippen LogP contribution < -0.4 is 0 Å². The molecule has 1 N–H and O–H groups in total. The first-order valence-corrected chi connectivity index (χ1v) is 4.33. The van der Waals surface area contributed by atoms with Gasteiger partial charge in [-0.15, -0.1) is 0 Å². The van der Waals surface area contributed by atoms with E-state index in [9.17, 15) is 13.9 Å². The van der Waals surface area contributed by atoms with Gasteiger partial charge in [-0.2, -0.15) is 0 Å². The zero-order valence-corrected chi connectivity index (χ0v) is 6.34. The van der Waals surface area contributed by atoms with Crippen LogP contribution in [0, 0.1) is 0 Å². The van der Waals surface area contributed by atoms with Gasteiger partial charge in [0, 0.05) is 6.42 Å². The van der Waals surface area contributed by atoms with Gasteiger partial charge in [-0.25, -0.2) is 9.13 Å². The molecule has 0 aliphatic heterocycles. The normalized spacial score (nSPS) is 9.20. The number of aliphatic carboxylic acids is 1. The molecule has 0 amide bonds. The summed E-state index contributed by atoms with van der Waals surface area (Å²) in [7, 11) is -2.32. The minimum atomic E-state index is -2.32. The predicted molar refractivity (Wildman–Crippen MR) is 34.6 cm³/mol. The van der Waals surface area contributed by atoms with E-state index in [1.807, 2.05) is 0 Å². The van der Waals surface area contributed by atoms with Gasteiger partial charge >= 0.3 is 13.6 Å². The van der Waals surface area contributed by atoms with Crippen LogP contribution in [0.5, 0.6) is 0 Å². The second-order valence-electron chi connectivity index (χ2n) is 1.91. The second-order valence-corrected chi connectivity index (χ2v) is 3.02. The first-order valence-electron chi connectivity index (χ1n) is 2.96. The molecule has 0 aliphatic carbocycles. The van der Waals surface area contributed by atoms with E-state index in [1.54, 1.807) is 0 Å². The van der Waals surface area contributed by atoms with Crippen molar-refractivity contribution in [3.63, 3.8) is 0 Å². The van der Waals surface area contributed by atoms with E-state index in [2.05, 4.69) is 0 Å². The monoisotopic (exact) mass is 164 g/mol. The fourth-order valence-electron chi connectivity index (χ4n) is 0.517. The largest absolute Gasteiger partial charge is 0.481 e. The summed E-state index contributed by atoms with van der Waals surface area (Å²) in [5.74, 6) is -0.874. The van der Waals surface area contributed by atoms with Crippen LogP contribution in [-0.4, -0.2) is 17.2 Å². The standard InChI is InChI=1S/C5H9O4P/c6-5(7)3-1-2-4-10(8)9/h1-4H2,(H,6,7). The van der Waals surface area contributed by atoms with Gasteiger partial charge < -0.3 is 5.11 Å². The van der Waals surface area contributed by atoms with Crippen molar-refractivity contribution in [2.24, 2.45) is 0 Å². The topological polar surface area (TPSA) is 71.4 Å². The Bertz CT molecular complexity index is 164. The molecule has 0 bridgehead atoms. The van der Waals surface area contributed by atoms with Crippen LogP contribution in [-0.2, 0) is 13.9 Å². The van der Waals surface area contributed by atoms with E-state index in [-0.39, 0.29) is 12.6 Å². The Kier molecular flexibility index (Phi) is 4.85. The summed E-state index contributed by atoms with van der Waals surface area (Å²) in [4.78, 5) is 9.89. The molecule has 0 atom stereocenters. The summed E-state index contributed by atoms with van der Waals surface area (Å²) in [6, 6.07) is 0. The molecule has 0 fully saturated rings. The highest BCUT2D eigenvalue weighted by molar-refractivity contribution is 7.30. The van der Waals surface area contributed by atoms with Crippen molar-refractivity contribution in [3.8, 4) is 0 Å². The van der Waals surface area contributed by atoms with Crippen molar-refractivity contribution in [1.82, 2.24) is 0 Å². The lowest BCUT2D eigenvalue weighted by atomic mass is 10.3.